The lowest BCUT2D eigenvalue weighted by molar-refractivity contribution is 0.0742. The number of nitrogens with zero attached hydrogens (tertiary/aromatic N) is 7. The fourth-order valence-electron chi connectivity index (χ4n) is 4.09. The summed E-state index contributed by atoms with van der Waals surface area (Å²) in [7, 11) is 0. The predicted octanol–water partition coefficient (Wildman–Crippen LogP) is 2.63. The predicted molar refractivity (Wildman–Crippen MR) is 124 cm³/mol. The highest BCUT2D eigenvalue weighted by Gasteiger charge is 2.26. The van der Waals surface area contributed by atoms with Crippen LogP contribution in [0.4, 0.5) is 5.82 Å². The largest absolute Gasteiger partial charge is 0.493 e. The van der Waals surface area contributed by atoms with Gasteiger partial charge in [0, 0.05) is 26.2 Å². The summed E-state index contributed by atoms with van der Waals surface area (Å²) in [6, 6.07) is 17.5. The van der Waals surface area contributed by atoms with Crippen molar-refractivity contribution in [2.45, 2.75) is 13.5 Å². The molecular weight excluding hydrogens is 418 g/mol. The standard InChI is InChI=1S/C24H25N7O2/c1-2-33-20-11-7-6-10-19(20)24(32)30-14-12-29(13-15-30)22-21-23(26-17-25-22)31(28-27-21)16-18-8-4-3-5-9-18/h3-11,17H,2,12-16H2,1H3. The molecule has 2 aromatic heterocycles. The summed E-state index contributed by atoms with van der Waals surface area (Å²) < 4.78 is 7.43. The first-order valence-corrected chi connectivity index (χ1v) is 11.1. The van der Waals surface area contributed by atoms with E-state index in [1.54, 1.807) is 11.0 Å². The molecular formula is C24H25N7O2. The van der Waals surface area contributed by atoms with E-state index < -0.39 is 0 Å². The quantitative estimate of drug-likeness (QED) is 0.453. The summed E-state index contributed by atoms with van der Waals surface area (Å²) in [6.45, 7) is 5.51. The van der Waals surface area contributed by atoms with Gasteiger partial charge in [0.1, 0.15) is 12.1 Å². The summed E-state index contributed by atoms with van der Waals surface area (Å²) in [5.41, 5.74) is 3.10. The van der Waals surface area contributed by atoms with Crippen molar-refractivity contribution < 1.29 is 9.53 Å². The second kappa shape index (κ2) is 9.23. The number of carbonyl (C=O) groups is 1. The fourth-order valence-corrected chi connectivity index (χ4v) is 4.09. The maximum atomic E-state index is 13.1. The molecule has 9 nitrogen and oxygen atoms in total. The molecule has 0 unspecified atom stereocenters. The van der Waals surface area contributed by atoms with E-state index in [4.69, 9.17) is 4.74 Å². The summed E-state index contributed by atoms with van der Waals surface area (Å²) >= 11 is 0. The van der Waals surface area contributed by atoms with Crippen LogP contribution in [-0.4, -0.2) is 68.6 Å². The molecule has 0 saturated carbocycles. The van der Waals surface area contributed by atoms with Gasteiger partial charge in [-0.15, -0.1) is 5.10 Å². The van der Waals surface area contributed by atoms with E-state index in [0.29, 0.717) is 61.8 Å². The third-order valence-corrected chi connectivity index (χ3v) is 5.74. The molecule has 9 heteroatoms. The average molecular weight is 444 g/mol. The van der Waals surface area contributed by atoms with Crippen LogP contribution in [-0.2, 0) is 6.54 Å². The average Bonchev–Trinajstić information content (AvgIpc) is 3.28. The second-order valence-electron chi connectivity index (χ2n) is 7.81. The van der Waals surface area contributed by atoms with Gasteiger partial charge in [0.15, 0.2) is 17.0 Å². The van der Waals surface area contributed by atoms with Crippen LogP contribution in [0.15, 0.2) is 60.9 Å². The van der Waals surface area contributed by atoms with Gasteiger partial charge in [-0.1, -0.05) is 47.7 Å². The molecule has 0 aliphatic carbocycles. The molecule has 5 rings (SSSR count). The van der Waals surface area contributed by atoms with Crippen molar-refractivity contribution in [2.24, 2.45) is 0 Å². The first kappa shape index (κ1) is 20.9. The molecule has 1 aliphatic heterocycles. The highest BCUT2D eigenvalue weighted by molar-refractivity contribution is 5.97. The van der Waals surface area contributed by atoms with Gasteiger partial charge in [-0.2, -0.15) is 0 Å². The number of hydrogen-bond donors (Lipinski definition) is 0. The molecule has 33 heavy (non-hydrogen) atoms. The maximum absolute atomic E-state index is 13.1. The zero-order valence-electron chi connectivity index (χ0n) is 18.5. The van der Waals surface area contributed by atoms with E-state index in [-0.39, 0.29) is 5.91 Å². The van der Waals surface area contributed by atoms with Gasteiger partial charge in [-0.05, 0) is 24.6 Å². The second-order valence-corrected chi connectivity index (χ2v) is 7.81. The Bertz CT molecular complexity index is 1250. The molecule has 0 atom stereocenters. The number of ether oxygens (including phenoxy) is 1. The minimum absolute atomic E-state index is 0.0136. The molecule has 0 spiro atoms. The van der Waals surface area contributed by atoms with Crippen molar-refractivity contribution in [3.63, 3.8) is 0 Å². The lowest BCUT2D eigenvalue weighted by Gasteiger charge is -2.35. The number of amides is 1. The lowest BCUT2D eigenvalue weighted by Crippen LogP contribution is -2.49. The number of piperazine rings is 1. The molecule has 1 fully saturated rings. The Balaban J connectivity index is 1.31. The summed E-state index contributed by atoms with van der Waals surface area (Å²) in [6.07, 6.45) is 1.55. The Labute approximate surface area is 191 Å². The van der Waals surface area contributed by atoms with Crippen LogP contribution in [0.5, 0.6) is 5.75 Å². The van der Waals surface area contributed by atoms with Crippen LogP contribution in [0.3, 0.4) is 0 Å². The zero-order valence-corrected chi connectivity index (χ0v) is 18.5. The van der Waals surface area contributed by atoms with Crippen molar-refractivity contribution in [3.8, 4) is 5.75 Å². The van der Waals surface area contributed by atoms with Crippen LogP contribution in [0, 0.1) is 0 Å². The van der Waals surface area contributed by atoms with Crippen LogP contribution in [0.2, 0.25) is 0 Å². The van der Waals surface area contributed by atoms with E-state index in [0.717, 1.165) is 11.4 Å². The number of para-hydroxylation sites is 1. The van der Waals surface area contributed by atoms with E-state index in [1.165, 1.54) is 0 Å². The first-order valence-electron chi connectivity index (χ1n) is 11.1. The van der Waals surface area contributed by atoms with Gasteiger partial charge in [-0.3, -0.25) is 4.79 Å². The molecule has 4 aromatic rings. The Morgan fingerprint density at radius 3 is 2.52 bits per heavy atom. The number of benzene rings is 2. The van der Waals surface area contributed by atoms with E-state index in [1.807, 2.05) is 54.3 Å². The smallest absolute Gasteiger partial charge is 0.257 e. The van der Waals surface area contributed by atoms with E-state index in [9.17, 15) is 4.79 Å². The SMILES string of the molecule is CCOc1ccccc1C(=O)N1CCN(c2ncnc3c2nnn3Cc2ccccc2)CC1. The lowest BCUT2D eigenvalue weighted by atomic mass is 10.1. The van der Waals surface area contributed by atoms with Gasteiger partial charge in [0.25, 0.3) is 5.91 Å². The van der Waals surface area contributed by atoms with Gasteiger partial charge >= 0.3 is 0 Å². The van der Waals surface area contributed by atoms with E-state index in [2.05, 4.69) is 37.3 Å². The van der Waals surface area contributed by atoms with Crippen molar-refractivity contribution in [2.75, 3.05) is 37.7 Å². The van der Waals surface area contributed by atoms with Crippen molar-refractivity contribution >= 4 is 22.9 Å². The molecule has 2 aromatic carbocycles. The minimum atomic E-state index is -0.0136. The fraction of sp³-hybridized carbons (Fsp3) is 0.292. The monoisotopic (exact) mass is 443 g/mol. The highest BCUT2D eigenvalue weighted by atomic mass is 16.5. The number of hydrogen-bond acceptors (Lipinski definition) is 7. The molecule has 0 N–H and O–H groups in total. The number of carbonyl (C=O) groups excluding carboxylic acids is 1. The van der Waals surface area contributed by atoms with Crippen molar-refractivity contribution in [3.05, 3.63) is 72.1 Å². The number of fused-ring (bicyclic) bond motifs is 1. The molecule has 0 radical (unpaired) electrons. The van der Waals surface area contributed by atoms with Crippen LogP contribution >= 0.6 is 0 Å². The zero-order chi connectivity index (χ0) is 22.6. The number of rotatable bonds is 6. The molecule has 1 saturated heterocycles. The van der Waals surface area contributed by atoms with Crippen LogP contribution in [0.25, 0.3) is 11.2 Å². The molecule has 0 bridgehead atoms. The topological polar surface area (TPSA) is 89.3 Å². The van der Waals surface area contributed by atoms with Gasteiger partial charge < -0.3 is 14.5 Å². The first-order chi connectivity index (χ1) is 16.2. The Morgan fingerprint density at radius 2 is 1.73 bits per heavy atom. The third kappa shape index (κ3) is 4.21. The molecule has 3 heterocycles. The summed E-state index contributed by atoms with van der Waals surface area (Å²) in [5, 5.41) is 8.69. The number of aromatic nitrogens is 5. The van der Waals surface area contributed by atoms with Gasteiger partial charge in [-0.25, -0.2) is 14.6 Å². The minimum Gasteiger partial charge on any atom is -0.493 e. The van der Waals surface area contributed by atoms with Crippen LogP contribution < -0.4 is 9.64 Å². The molecule has 1 amide bonds. The normalized spacial score (nSPS) is 14.0. The Hall–Kier alpha value is -4.01. The molecule has 1 aliphatic rings. The van der Waals surface area contributed by atoms with E-state index >= 15 is 0 Å². The van der Waals surface area contributed by atoms with Crippen LogP contribution in [0.1, 0.15) is 22.8 Å². The molecule has 168 valence electrons. The maximum Gasteiger partial charge on any atom is 0.257 e. The third-order valence-electron chi connectivity index (χ3n) is 5.74. The summed E-state index contributed by atoms with van der Waals surface area (Å²) in [5.74, 6) is 1.36. The Kier molecular flexibility index (Phi) is 5.84. The van der Waals surface area contributed by atoms with Gasteiger partial charge in [0.2, 0.25) is 0 Å². The summed E-state index contributed by atoms with van der Waals surface area (Å²) in [4.78, 5) is 26.0. The van der Waals surface area contributed by atoms with Crippen molar-refractivity contribution in [1.29, 1.82) is 0 Å². The number of anilines is 1. The van der Waals surface area contributed by atoms with Crippen molar-refractivity contribution in [1.82, 2.24) is 29.9 Å². The Morgan fingerprint density at radius 1 is 0.970 bits per heavy atom. The highest BCUT2D eigenvalue weighted by Crippen LogP contribution is 2.24. The van der Waals surface area contributed by atoms with Gasteiger partial charge in [0.05, 0.1) is 18.7 Å².